The zero-order valence-electron chi connectivity index (χ0n) is 15.7. The van der Waals surface area contributed by atoms with Gasteiger partial charge in [-0.15, -0.1) is 0 Å². The number of ether oxygens (including phenoxy) is 2. The predicted octanol–water partition coefficient (Wildman–Crippen LogP) is 2.78. The molecular weight excluding hydrogens is 380 g/mol. The number of benzene rings is 2. The number of amides is 1. The van der Waals surface area contributed by atoms with Crippen LogP contribution in [0.25, 0.3) is 0 Å². The van der Waals surface area contributed by atoms with E-state index in [0.717, 1.165) is 0 Å². The van der Waals surface area contributed by atoms with Gasteiger partial charge >= 0.3 is 5.97 Å². The fourth-order valence-corrected chi connectivity index (χ4v) is 3.50. The number of hydrogen-bond donors (Lipinski definition) is 0. The van der Waals surface area contributed by atoms with Crippen molar-refractivity contribution in [2.24, 2.45) is 0 Å². The van der Waals surface area contributed by atoms with Gasteiger partial charge in [0.2, 0.25) is 0 Å². The number of halogens is 1. The van der Waals surface area contributed by atoms with E-state index in [0.29, 0.717) is 42.5 Å². The molecule has 2 aromatic carbocycles. The number of methoxy groups -OCH3 is 1. The normalized spacial score (nSPS) is 15.7. The van der Waals surface area contributed by atoms with Crippen LogP contribution in [0.5, 0.6) is 5.75 Å². The second-order valence-corrected chi connectivity index (χ2v) is 6.87. The van der Waals surface area contributed by atoms with Crippen LogP contribution in [0.4, 0.5) is 0 Å². The van der Waals surface area contributed by atoms with Gasteiger partial charge in [-0.25, -0.2) is 4.79 Å². The molecule has 0 saturated carbocycles. The molecule has 3 rings (SSSR count). The van der Waals surface area contributed by atoms with Crippen molar-refractivity contribution in [3.63, 3.8) is 0 Å². The van der Waals surface area contributed by atoms with Crippen molar-refractivity contribution in [1.82, 2.24) is 9.80 Å². The Morgan fingerprint density at radius 1 is 1.00 bits per heavy atom. The third-order valence-corrected chi connectivity index (χ3v) is 5.11. The summed E-state index contributed by atoms with van der Waals surface area (Å²) < 4.78 is 10.5. The molecule has 7 heteroatoms. The number of rotatable bonds is 6. The Balaban J connectivity index is 1.60. The van der Waals surface area contributed by atoms with Gasteiger partial charge in [-0.3, -0.25) is 9.69 Å². The summed E-state index contributed by atoms with van der Waals surface area (Å²) in [5.41, 5.74) is 0.711. The molecule has 0 radical (unpaired) electrons. The Bertz CT molecular complexity index is 807. The Morgan fingerprint density at radius 3 is 2.29 bits per heavy atom. The highest BCUT2D eigenvalue weighted by Crippen LogP contribution is 2.29. The molecule has 1 amide bonds. The standard InChI is InChI=1S/C21H23ClN2O4/c1-27-21(26)20(17-9-5-6-10-18(17)22)24-13-11-23(12-14-24)19(25)15-28-16-7-3-2-4-8-16/h2-10,20H,11-15H2,1H3/t20-/m1/s1. The molecule has 0 N–H and O–H groups in total. The summed E-state index contributed by atoms with van der Waals surface area (Å²) in [4.78, 5) is 28.6. The maximum Gasteiger partial charge on any atom is 0.327 e. The van der Waals surface area contributed by atoms with Crippen LogP contribution in [-0.4, -0.2) is 61.6 Å². The van der Waals surface area contributed by atoms with E-state index >= 15 is 0 Å². The molecule has 0 aromatic heterocycles. The molecule has 0 bridgehead atoms. The fraction of sp³-hybridized carbons (Fsp3) is 0.333. The number of nitrogens with zero attached hydrogens (tertiary/aromatic N) is 2. The minimum absolute atomic E-state index is 0.00500. The van der Waals surface area contributed by atoms with E-state index in [-0.39, 0.29) is 18.5 Å². The summed E-state index contributed by atoms with van der Waals surface area (Å²) in [5.74, 6) is 0.232. The van der Waals surface area contributed by atoms with Gasteiger partial charge < -0.3 is 14.4 Å². The highest BCUT2D eigenvalue weighted by molar-refractivity contribution is 6.31. The van der Waals surface area contributed by atoms with Crippen LogP contribution in [-0.2, 0) is 14.3 Å². The summed E-state index contributed by atoms with van der Waals surface area (Å²) in [6.45, 7) is 2.10. The van der Waals surface area contributed by atoms with E-state index in [1.54, 1.807) is 11.0 Å². The van der Waals surface area contributed by atoms with E-state index in [1.165, 1.54) is 7.11 Å². The second-order valence-electron chi connectivity index (χ2n) is 6.47. The first kappa shape index (κ1) is 20.2. The van der Waals surface area contributed by atoms with Gasteiger partial charge in [-0.2, -0.15) is 0 Å². The molecule has 148 valence electrons. The molecule has 1 atom stereocenters. The van der Waals surface area contributed by atoms with Crippen molar-refractivity contribution >= 4 is 23.5 Å². The van der Waals surface area contributed by atoms with Gasteiger partial charge in [-0.05, 0) is 23.8 Å². The van der Waals surface area contributed by atoms with Gasteiger partial charge in [0.05, 0.1) is 7.11 Å². The first-order chi connectivity index (χ1) is 13.6. The molecule has 0 spiro atoms. The number of esters is 1. The number of carbonyl (C=O) groups is 2. The Kier molecular flexibility index (Phi) is 6.90. The maximum absolute atomic E-state index is 12.4. The lowest BCUT2D eigenvalue weighted by Gasteiger charge is -2.38. The molecule has 1 heterocycles. The van der Waals surface area contributed by atoms with E-state index in [1.807, 2.05) is 53.4 Å². The first-order valence-electron chi connectivity index (χ1n) is 9.12. The van der Waals surface area contributed by atoms with Crippen molar-refractivity contribution in [1.29, 1.82) is 0 Å². The molecular formula is C21H23ClN2O4. The summed E-state index contributed by atoms with van der Waals surface area (Å²) in [7, 11) is 1.37. The minimum Gasteiger partial charge on any atom is -0.484 e. The largest absolute Gasteiger partial charge is 0.484 e. The number of para-hydroxylation sites is 1. The van der Waals surface area contributed by atoms with Gasteiger partial charge in [0.1, 0.15) is 11.8 Å². The van der Waals surface area contributed by atoms with Crippen molar-refractivity contribution in [2.75, 3.05) is 39.9 Å². The number of hydrogen-bond acceptors (Lipinski definition) is 5. The fourth-order valence-electron chi connectivity index (χ4n) is 3.26. The van der Waals surface area contributed by atoms with Crippen molar-refractivity contribution in [3.8, 4) is 5.75 Å². The lowest BCUT2D eigenvalue weighted by molar-refractivity contribution is -0.148. The van der Waals surface area contributed by atoms with Gasteiger partial charge in [0, 0.05) is 31.2 Å². The molecule has 1 saturated heterocycles. The van der Waals surface area contributed by atoms with Crippen molar-refractivity contribution < 1.29 is 19.1 Å². The molecule has 6 nitrogen and oxygen atoms in total. The van der Waals surface area contributed by atoms with Crippen LogP contribution in [0.3, 0.4) is 0 Å². The van der Waals surface area contributed by atoms with Crippen LogP contribution in [0.2, 0.25) is 5.02 Å². The molecule has 1 aliphatic heterocycles. The smallest absolute Gasteiger partial charge is 0.327 e. The van der Waals surface area contributed by atoms with Crippen molar-refractivity contribution in [2.45, 2.75) is 6.04 Å². The quantitative estimate of drug-likeness (QED) is 0.695. The number of carbonyl (C=O) groups excluding carboxylic acids is 2. The summed E-state index contributed by atoms with van der Waals surface area (Å²) >= 11 is 6.30. The highest BCUT2D eigenvalue weighted by Gasteiger charge is 2.33. The predicted molar refractivity (Wildman–Crippen MR) is 106 cm³/mol. The Hall–Kier alpha value is -2.57. The lowest BCUT2D eigenvalue weighted by Crippen LogP contribution is -2.52. The van der Waals surface area contributed by atoms with E-state index in [9.17, 15) is 9.59 Å². The van der Waals surface area contributed by atoms with E-state index < -0.39 is 6.04 Å². The third-order valence-electron chi connectivity index (χ3n) is 4.76. The lowest BCUT2D eigenvalue weighted by atomic mass is 10.0. The van der Waals surface area contributed by atoms with Crippen LogP contribution in [0.1, 0.15) is 11.6 Å². The molecule has 1 aliphatic rings. The first-order valence-corrected chi connectivity index (χ1v) is 9.50. The molecule has 28 heavy (non-hydrogen) atoms. The van der Waals surface area contributed by atoms with Gasteiger partial charge in [0.25, 0.3) is 5.91 Å². The Morgan fingerprint density at radius 2 is 1.64 bits per heavy atom. The van der Waals surface area contributed by atoms with Crippen LogP contribution in [0, 0.1) is 0 Å². The maximum atomic E-state index is 12.4. The van der Waals surface area contributed by atoms with Crippen molar-refractivity contribution in [3.05, 3.63) is 65.2 Å². The second kappa shape index (κ2) is 9.57. The van der Waals surface area contributed by atoms with E-state index in [4.69, 9.17) is 21.1 Å². The summed E-state index contributed by atoms with van der Waals surface area (Å²) in [5, 5.41) is 0.521. The molecule has 1 fully saturated rings. The molecule has 2 aromatic rings. The number of piperazine rings is 1. The highest BCUT2D eigenvalue weighted by atomic mass is 35.5. The average molecular weight is 403 g/mol. The monoisotopic (exact) mass is 402 g/mol. The third kappa shape index (κ3) is 4.82. The Labute approximate surface area is 169 Å². The average Bonchev–Trinajstić information content (AvgIpc) is 2.74. The zero-order chi connectivity index (χ0) is 19.9. The van der Waals surface area contributed by atoms with E-state index in [2.05, 4.69) is 0 Å². The van der Waals surface area contributed by atoms with Crippen LogP contribution in [0.15, 0.2) is 54.6 Å². The van der Waals surface area contributed by atoms with Gasteiger partial charge in [-0.1, -0.05) is 48.0 Å². The topological polar surface area (TPSA) is 59.1 Å². The van der Waals surface area contributed by atoms with Crippen LogP contribution >= 0.6 is 11.6 Å². The van der Waals surface area contributed by atoms with Gasteiger partial charge in [0.15, 0.2) is 6.61 Å². The SMILES string of the molecule is COC(=O)[C@@H](c1ccccc1Cl)N1CCN(C(=O)COc2ccccc2)CC1. The minimum atomic E-state index is -0.587. The summed E-state index contributed by atoms with van der Waals surface area (Å²) in [6.07, 6.45) is 0. The molecule has 0 unspecified atom stereocenters. The van der Waals surface area contributed by atoms with Crippen LogP contribution < -0.4 is 4.74 Å². The summed E-state index contributed by atoms with van der Waals surface area (Å²) in [6, 6.07) is 15.9. The molecule has 0 aliphatic carbocycles. The zero-order valence-corrected chi connectivity index (χ0v) is 16.5.